The smallest absolute Gasteiger partial charge is 0.299 e. The third kappa shape index (κ3) is 5.93. The van der Waals surface area contributed by atoms with Gasteiger partial charge in [0, 0.05) is 35.6 Å². The number of carbonyl (C=O) groups excluding carboxylic acids is 1. The number of aromatic nitrogens is 2. The van der Waals surface area contributed by atoms with Crippen molar-refractivity contribution in [1.29, 1.82) is 0 Å². The van der Waals surface area contributed by atoms with Gasteiger partial charge in [-0.15, -0.1) is 0 Å². The van der Waals surface area contributed by atoms with Crippen molar-refractivity contribution in [2.75, 3.05) is 18.2 Å². The fraction of sp³-hybridized carbons (Fsp3) is 0.292. The van der Waals surface area contributed by atoms with E-state index in [1.54, 1.807) is 12.1 Å². The van der Waals surface area contributed by atoms with Crippen molar-refractivity contribution in [2.24, 2.45) is 0 Å². The summed E-state index contributed by atoms with van der Waals surface area (Å²) in [6, 6.07) is 7.17. The Hall–Kier alpha value is -3.19. The predicted molar refractivity (Wildman–Crippen MR) is 128 cm³/mol. The average Bonchev–Trinajstić information content (AvgIpc) is 2.81. The molecule has 0 unspecified atom stereocenters. The van der Waals surface area contributed by atoms with E-state index in [1.165, 1.54) is 12.1 Å². The van der Waals surface area contributed by atoms with E-state index in [9.17, 15) is 39.6 Å². The van der Waals surface area contributed by atoms with Crippen LogP contribution < -0.4 is 4.90 Å². The molecular formula is C24H20ClF6N3O3S. The number of alkyl halides is 6. The maximum absolute atomic E-state index is 13.6. The van der Waals surface area contributed by atoms with Gasteiger partial charge in [0.25, 0.3) is 0 Å². The highest BCUT2D eigenvalue weighted by Gasteiger charge is 2.41. The number of anilines is 1. The molecule has 0 spiro atoms. The summed E-state index contributed by atoms with van der Waals surface area (Å²) in [5.74, 6) is -1.24. The van der Waals surface area contributed by atoms with E-state index in [2.05, 4.69) is 9.97 Å². The second-order valence-electron chi connectivity index (χ2n) is 8.93. The molecule has 0 radical (unpaired) electrons. The lowest BCUT2D eigenvalue weighted by molar-refractivity contribution is -0.143. The van der Waals surface area contributed by atoms with Gasteiger partial charge in [-0.3, -0.25) is 9.69 Å². The molecule has 0 saturated heterocycles. The zero-order chi connectivity index (χ0) is 28.8. The van der Waals surface area contributed by atoms with Gasteiger partial charge >= 0.3 is 12.4 Å². The van der Waals surface area contributed by atoms with E-state index in [1.807, 2.05) is 0 Å². The van der Waals surface area contributed by atoms with Crippen molar-refractivity contribution in [1.82, 2.24) is 9.97 Å². The number of carbonyl (C=O) groups is 1. The van der Waals surface area contributed by atoms with Crippen LogP contribution in [0.2, 0.25) is 5.02 Å². The zero-order valence-electron chi connectivity index (χ0n) is 20.2. The molecule has 0 atom stereocenters. The molecule has 3 aromatic rings. The Morgan fingerprint density at radius 2 is 1.39 bits per heavy atom. The average molecular weight is 580 g/mol. The zero-order valence-corrected chi connectivity index (χ0v) is 21.8. The summed E-state index contributed by atoms with van der Waals surface area (Å²) < 4.78 is 105. The Labute approximate surface area is 219 Å². The number of hydrogen-bond donors (Lipinski definition) is 0. The van der Waals surface area contributed by atoms with Gasteiger partial charge in [-0.25, -0.2) is 13.4 Å². The molecule has 0 saturated carbocycles. The van der Waals surface area contributed by atoms with Crippen molar-refractivity contribution < 1.29 is 39.6 Å². The van der Waals surface area contributed by atoms with Gasteiger partial charge in [-0.1, -0.05) is 29.8 Å². The Kier molecular flexibility index (Phi) is 7.61. The summed E-state index contributed by atoms with van der Waals surface area (Å²) in [5.41, 5.74) is -5.26. The molecule has 1 amide bonds. The van der Waals surface area contributed by atoms with Crippen molar-refractivity contribution in [3.8, 4) is 11.1 Å². The van der Waals surface area contributed by atoms with E-state index in [0.29, 0.717) is 17.7 Å². The Bertz CT molecular complexity index is 1470. The molecule has 1 aromatic heterocycles. The number of halogens is 7. The van der Waals surface area contributed by atoms with Crippen LogP contribution in [0.5, 0.6) is 0 Å². The lowest BCUT2D eigenvalue weighted by atomic mass is 9.81. The second-order valence-corrected chi connectivity index (χ2v) is 11.2. The molecule has 0 aliphatic carbocycles. The molecule has 2 aromatic carbocycles. The number of hydrogen-bond acceptors (Lipinski definition) is 5. The topological polar surface area (TPSA) is 80.2 Å². The third-order valence-corrected chi connectivity index (χ3v) is 6.90. The Morgan fingerprint density at radius 3 is 1.87 bits per heavy atom. The molecule has 0 N–H and O–H groups in total. The molecule has 14 heteroatoms. The largest absolute Gasteiger partial charge is 0.416 e. The molecule has 0 bridgehead atoms. The van der Waals surface area contributed by atoms with E-state index < -0.39 is 55.4 Å². The first-order chi connectivity index (χ1) is 17.2. The summed E-state index contributed by atoms with van der Waals surface area (Å²) in [7, 11) is -2.80. The van der Waals surface area contributed by atoms with E-state index in [0.717, 1.165) is 38.2 Å². The van der Waals surface area contributed by atoms with Gasteiger partial charge in [-0.2, -0.15) is 31.3 Å². The third-order valence-electron chi connectivity index (χ3n) is 5.71. The Morgan fingerprint density at radius 1 is 0.895 bits per heavy atom. The lowest BCUT2D eigenvalue weighted by Crippen LogP contribution is -2.42. The van der Waals surface area contributed by atoms with E-state index in [4.69, 9.17) is 11.6 Å². The number of rotatable bonds is 5. The van der Waals surface area contributed by atoms with Crippen LogP contribution >= 0.6 is 11.6 Å². The number of benzene rings is 2. The van der Waals surface area contributed by atoms with Crippen LogP contribution in [0.4, 0.5) is 32.2 Å². The Balaban J connectivity index is 2.22. The van der Waals surface area contributed by atoms with Crippen LogP contribution in [-0.2, 0) is 32.4 Å². The fourth-order valence-corrected chi connectivity index (χ4v) is 4.35. The minimum atomic E-state index is -5.12. The van der Waals surface area contributed by atoms with Gasteiger partial charge in [-0.05, 0) is 43.7 Å². The van der Waals surface area contributed by atoms with Gasteiger partial charge < -0.3 is 0 Å². The van der Waals surface area contributed by atoms with Crippen LogP contribution in [0.1, 0.15) is 30.5 Å². The fourth-order valence-electron chi connectivity index (χ4n) is 3.62. The summed E-state index contributed by atoms with van der Waals surface area (Å²) in [4.78, 5) is 22.3. The minimum Gasteiger partial charge on any atom is -0.299 e. The first-order valence-electron chi connectivity index (χ1n) is 10.6. The molecule has 0 fully saturated rings. The van der Waals surface area contributed by atoms with Crippen LogP contribution in [0.15, 0.2) is 53.8 Å². The highest BCUT2D eigenvalue weighted by Crippen LogP contribution is 2.40. The SMILES string of the molecule is CN(C(=O)C(C)(C)c1cc(C(F)(F)F)cc(C(F)(F)F)c1)c1nc(S(C)(=O)=O)ncc1-c1ccccc1Cl. The molecule has 6 nitrogen and oxygen atoms in total. The molecule has 0 aliphatic rings. The maximum Gasteiger partial charge on any atom is 0.416 e. The lowest BCUT2D eigenvalue weighted by Gasteiger charge is -2.31. The van der Waals surface area contributed by atoms with E-state index >= 15 is 0 Å². The molecule has 3 rings (SSSR count). The summed E-state index contributed by atoms with van der Waals surface area (Å²) in [6.07, 6.45) is -8.29. The standard InChI is InChI=1S/C24H20ClF6N3O3S/c1-22(2,13-9-14(23(26,27)28)11-15(10-13)24(29,30)31)20(35)34(3)19-17(16-7-5-6-8-18(16)25)12-32-21(33-19)38(4,36)37/h5-12H,1-4H3. The van der Waals surface area contributed by atoms with Crippen molar-refractivity contribution in [3.63, 3.8) is 0 Å². The van der Waals surface area contributed by atoms with Crippen molar-refractivity contribution >= 4 is 33.2 Å². The van der Waals surface area contributed by atoms with Crippen LogP contribution in [0, 0.1) is 0 Å². The van der Waals surface area contributed by atoms with Gasteiger partial charge in [0.1, 0.15) is 5.82 Å². The first-order valence-corrected chi connectivity index (χ1v) is 12.9. The summed E-state index contributed by atoms with van der Waals surface area (Å²) in [6.45, 7) is 2.30. The molecule has 1 heterocycles. The van der Waals surface area contributed by atoms with Crippen molar-refractivity contribution in [2.45, 2.75) is 36.8 Å². The number of likely N-dealkylation sites (N-methyl/N-ethyl adjacent to an activating group) is 1. The quantitative estimate of drug-likeness (QED) is 0.266. The van der Waals surface area contributed by atoms with Gasteiger partial charge in [0.2, 0.25) is 20.9 Å². The van der Waals surface area contributed by atoms with Crippen LogP contribution in [0.3, 0.4) is 0 Å². The summed E-state index contributed by atoms with van der Waals surface area (Å²) in [5, 5.41) is -0.462. The highest BCUT2D eigenvalue weighted by atomic mass is 35.5. The van der Waals surface area contributed by atoms with E-state index in [-0.39, 0.29) is 22.5 Å². The second kappa shape index (κ2) is 9.84. The monoisotopic (exact) mass is 579 g/mol. The minimum absolute atomic E-state index is 0.0356. The molecular weight excluding hydrogens is 560 g/mol. The molecule has 0 aliphatic heterocycles. The summed E-state index contributed by atoms with van der Waals surface area (Å²) >= 11 is 6.26. The van der Waals surface area contributed by atoms with Gasteiger partial charge in [0.15, 0.2) is 0 Å². The van der Waals surface area contributed by atoms with Crippen molar-refractivity contribution in [3.05, 3.63) is 70.4 Å². The highest BCUT2D eigenvalue weighted by molar-refractivity contribution is 7.90. The van der Waals surface area contributed by atoms with Crippen LogP contribution in [0.25, 0.3) is 11.1 Å². The number of sulfone groups is 1. The number of nitrogens with zero attached hydrogens (tertiary/aromatic N) is 3. The van der Waals surface area contributed by atoms with Crippen LogP contribution in [-0.4, -0.2) is 37.6 Å². The molecule has 204 valence electrons. The first kappa shape index (κ1) is 29.4. The molecule has 38 heavy (non-hydrogen) atoms. The number of amides is 1. The predicted octanol–water partition coefficient (Wildman–Crippen LogP) is 6.18. The maximum atomic E-state index is 13.6. The van der Waals surface area contributed by atoms with Gasteiger partial charge in [0.05, 0.1) is 16.5 Å². The normalized spacial score (nSPS) is 12.9.